The van der Waals surface area contributed by atoms with Crippen LogP contribution in [0.25, 0.3) is 0 Å². The number of hydrogen-bond acceptors (Lipinski definition) is 3. The summed E-state index contributed by atoms with van der Waals surface area (Å²) in [7, 11) is 0. The SMILES string of the molecule is O=C(CNC(=O)c1cccc(F)c1)NC(c1ccccc1)c1ccccn1. The average molecular weight is 363 g/mol. The Balaban J connectivity index is 1.67. The summed E-state index contributed by atoms with van der Waals surface area (Å²) >= 11 is 0. The molecule has 1 atom stereocenters. The molecule has 0 aliphatic carbocycles. The van der Waals surface area contributed by atoms with Crippen molar-refractivity contribution in [2.24, 2.45) is 0 Å². The highest BCUT2D eigenvalue weighted by Crippen LogP contribution is 2.19. The van der Waals surface area contributed by atoms with E-state index in [4.69, 9.17) is 0 Å². The molecule has 1 aromatic heterocycles. The standard InChI is InChI=1S/C21H18FN3O2/c22-17-10-6-9-16(13-17)21(27)24-14-19(26)25-20(15-7-2-1-3-8-15)18-11-4-5-12-23-18/h1-13,20H,14H2,(H,24,27)(H,25,26). The maximum atomic E-state index is 13.2. The number of halogens is 1. The Labute approximate surface area is 156 Å². The van der Waals surface area contributed by atoms with Crippen molar-refractivity contribution >= 4 is 11.8 Å². The Morgan fingerprint density at radius 2 is 1.74 bits per heavy atom. The van der Waals surface area contributed by atoms with Gasteiger partial charge in [-0.2, -0.15) is 0 Å². The first-order chi connectivity index (χ1) is 13.1. The summed E-state index contributed by atoms with van der Waals surface area (Å²) in [6.07, 6.45) is 1.66. The summed E-state index contributed by atoms with van der Waals surface area (Å²) in [5.74, 6) is -1.40. The van der Waals surface area contributed by atoms with Gasteiger partial charge in [-0.15, -0.1) is 0 Å². The Hall–Kier alpha value is -3.54. The van der Waals surface area contributed by atoms with Gasteiger partial charge in [0.1, 0.15) is 5.82 Å². The van der Waals surface area contributed by atoms with Crippen molar-refractivity contribution in [2.75, 3.05) is 6.54 Å². The highest BCUT2D eigenvalue weighted by molar-refractivity contribution is 5.96. The number of carbonyl (C=O) groups is 2. The van der Waals surface area contributed by atoms with Crippen molar-refractivity contribution in [2.45, 2.75) is 6.04 Å². The summed E-state index contributed by atoms with van der Waals surface area (Å²) in [5, 5.41) is 5.37. The van der Waals surface area contributed by atoms with Crippen molar-refractivity contribution < 1.29 is 14.0 Å². The predicted octanol–water partition coefficient (Wildman–Crippen LogP) is 2.86. The van der Waals surface area contributed by atoms with E-state index in [1.165, 1.54) is 18.2 Å². The molecule has 0 radical (unpaired) electrons. The first kappa shape index (κ1) is 18.3. The molecule has 2 N–H and O–H groups in total. The van der Waals surface area contributed by atoms with Crippen molar-refractivity contribution in [1.29, 1.82) is 0 Å². The molecule has 2 amide bonds. The third kappa shape index (κ3) is 4.98. The molecular weight excluding hydrogens is 345 g/mol. The fourth-order valence-corrected chi connectivity index (χ4v) is 2.62. The maximum Gasteiger partial charge on any atom is 0.251 e. The van der Waals surface area contributed by atoms with Gasteiger partial charge in [0.2, 0.25) is 5.91 Å². The van der Waals surface area contributed by atoms with Crippen LogP contribution >= 0.6 is 0 Å². The lowest BCUT2D eigenvalue weighted by molar-refractivity contribution is -0.120. The zero-order valence-corrected chi connectivity index (χ0v) is 14.4. The molecule has 0 saturated heterocycles. The van der Waals surface area contributed by atoms with Crippen LogP contribution in [0, 0.1) is 5.82 Å². The van der Waals surface area contributed by atoms with Crippen LogP contribution in [0.2, 0.25) is 0 Å². The van der Waals surface area contributed by atoms with Gasteiger partial charge < -0.3 is 10.6 Å². The molecule has 1 unspecified atom stereocenters. The lowest BCUT2D eigenvalue weighted by Gasteiger charge is -2.19. The number of benzene rings is 2. The van der Waals surface area contributed by atoms with Crippen molar-refractivity contribution in [3.63, 3.8) is 0 Å². The fraction of sp³-hybridized carbons (Fsp3) is 0.0952. The van der Waals surface area contributed by atoms with Gasteiger partial charge in [-0.3, -0.25) is 14.6 Å². The molecule has 136 valence electrons. The number of nitrogens with zero attached hydrogens (tertiary/aromatic N) is 1. The van der Waals surface area contributed by atoms with Crippen LogP contribution in [0.5, 0.6) is 0 Å². The maximum absolute atomic E-state index is 13.2. The molecule has 1 heterocycles. The molecule has 3 aromatic rings. The summed E-state index contributed by atoms with van der Waals surface area (Å²) in [4.78, 5) is 28.7. The fourth-order valence-electron chi connectivity index (χ4n) is 2.62. The van der Waals surface area contributed by atoms with Gasteiger partial charge in [0.15, 0.2) is 0 Å². The lowest BCUT2D eigenvalue weighted by Crippen LogP contribution is -2.39. The molecule has 27 heavy (non-hydrogen) atoms. The number of hydrogen-bond donors (Lipinski definition) is 2. The van der Waals surface area contributed by atoms with E-state index >= 15 is 0 Å². The second-order valence-electron chi connectivity index (χ2n) is 5.86. The van der Waals surface area contributed by atoms with E-state index in [0.29, 0.717) is 5.69 Å². The second-order valence-corrected chi connectivity index (χ2v) is 5.86. The largest absolute Gasteiger partial charge is 0.343 e. The molecule has 0 aliphatic rings. The number of nitrogens with one attached hydrogen (secondary N) is 2. The summed E-state index contributed by atoms with van der Waals surface area (Å²) in [5.41, 5.74) is 1.72. The molecule has 2 aromatic carbocycles. The zero-order chi connectivity index (χ0) is 19.1. The molecule has 0 aliphatic heterocycles. The molecule has 0 bridgehead atoms. The van der Waals surface area contributed by atoms with Gasteiger partial charge in [-0.1, -0.05) is 42.5 Å². The Kier molecular flexibility index (Phi) is 5.89. The minimum Gasteiger partial charge on any atom is -0.343 e. The smallest absolute Gasteiger partial charge is 0.251 e. The van der Waals surface area contributed by atoms with E-state index in [2.05, 4.69) is 15.6 Å². The minimum atomic E-state index is -0.515. The van der Waals surface area contributed by atoms with Gasteiger partial charge in [0.05, 0.1) is 18.3 Å². The predicted molar refractivity (Wildman–Crippen MR) is 99.4 cm³/mol. The minimum absolute atomic E-state index is 0.159. The van der Waals surface area contributed by atoms with E-state index in [-0.39, 0.29) is 18.0 Å². The summed E-state index contributed by atoms with van der Waals surface area (Å²) in [6.45, 7) is -0.231. The Bertz CT molecular complexity index is 877. The second kappa shape index (κ2) is 8.71. The van der Waals surface area contributed by atoms with Crippen molar-refractivity contribution in [3.8, 4) is 0 Å². The quantitative estimate of drug-likeness (QED) is 0.707. The van der Waals surface area contributed by atoms with Crippen LogP contribution in [-0.2, 0) is 4.79 Å². The van der Waals surface area contributed by atoms with Crippen LogP contribution < -0.4 is 10.6 Å². The van der Waals surface area contributed by atoms with Gasteiger partial charge in [0.25, 0.3) is 5.91 Å². The highest BCUT2D eigenvalue weighted by Gasteiger charge is 2.18. The van der Waals surface area contributed by atoms with Gasteiger partial charge in [-0.25, -0.2) is 4.39 Å². The van der Waals surface area contributed by atoms with E-state index in [1.54, 1.807) is 12.3 Å². The van der Waals surface area contributed by atoms with E-state index in [0.717, 1.165) is 11.6 Å². The molecule has 5 nitrogen and oxygen atoms in total. The molecular formula is C21H18FN3O2. The third-order valence-electron chi connectivity index (χ3n) is 3.92. The number of amides is 2. The first-order valence-corrected chi connectivity index (χ1v) is 8.42. The van der Waals surface area contributed by atoms with Crippen LogP contribution in [0.4, 0.5) is 4.39 Å². The number of aromatic nitrogens is 1. The number of rotatable bonds is 6. The van der Waals surface area contributed by atoms with E-state index in [1.807, 2.05) is 42.5 Å². The van der Waals surface area contributed by atoms with Gasteiger partial charge in [-0.05, 0) is 35.9 Å². The normalized spacial score (nSPS) is 11.4. The van der Waals surface area contributed by atoms with Gasteiger partial charge in [0, 0.05) is 11.8 Å². The third-order valence-corrected chi connectivity index (χ3v) is 3.92. The first-order valence-electron chi connectivity index (χ1n) is 8.42. The average Bonchev–Trinajstić information content (AvgIpc) is 2.71. The highest BCUT2D eigenvalue weighted by atomic mass is 19.1. The van der Waals surface area contributed by atoms with E-state index < -0.39 is 17.8 Å². The number of pyridine rings is 1. The Morgan fingerprint density at radius 3 is 2.44 bits per heavy atom. The molecule has 0 spiro atoms. The Morgan fingerprint density at radius 1 is 0.963 bits per heavy atom. The molecule has 0 fully saturated rings. The van der Waals surface area contributed by atoms with Crippen molar-refractivity contribution in [3.05, 3.63) is 102 Å². The number of carbonyl (C=O) groups excluding carboxylic acids is 2. The van der Waals surface area contributed by atoms with Crippen molar-refractivity contribution in [1.82, 2.24) is 15.6 Å². The summed E-state index contributed by atoms with van der Waals surface area (Å²) < 4.78 is 13.2. The zero-order valence-electron chi connectivity index (χ0n) is 14.4. The monoisotopic (exact) mass is 363 g/mol. The van der Waals surface area contributed by atoms with Crippen LogP contribution in [0.1, 0.15) is 27.7 Å². The lowest BCUT2D eigenvalue weighted by atomic mass is 10.0. The molecule has 0 saturated carbocycles. The molecule has 3 rings (SSSR count). The van der Waals surface area contributed by atoms with Crippen LogP contribution in [-0.4, -0.2) is 23.3 Å². The molecule has 6 heteroatoms. The van der Waals surface area contributed by atoms with Crippen LogP contribution in [0.3, 0.4) is 0 Å². The van der Waals surface area contributed by atoms with E-state index in [9.17, 15) is 14.0 Å². The summed E-state index contributed by atoms with van der Waals surface area (Å²) in [6, 6.07) is 19.8. The van der Waals surface area contributed by atoms with Gasteiger partial charge >= 0.3 is 0 Å². The van der Waals surface area contributed by atoms with Crippen LogP contribution in [0.15, 0.2) is 79.0 Å². The topological polar surface area (TPSA) is 71.1 Å².